The Bertz CT molecular complexity index is 2840. The second kappa shape index (κ2) is 12.5. The Labute approximate surface area is 303 Å². The number of benzene rings is 9. The number of rotatable bonds is 6. The van der Waals surface area contributed by atoms with Crippen LogP contribution in [0.4, 0.5) is 17.1 Å². The minimum absolute atomic E-state index is 1.12. The van der Waals surface area contributed by atoms with Crippen LogP contribution in [0, 0.1) is 0 Å². The molecule has 1 aromatic heterocycles. The Balaban J connectivity index is 1.40. The number of hydrogen-bond acceptors (Lipinski definition) is 1. The van der Waals surface area contributed by atoms with Gasteiger partial charge in [-0.15, -0.1) is 0 Å². The second-order valence-electron chi connectivity index (χ2n) is 13.3. The Morgan fingerprint density at radius 1 is 0.346 bits per heavy atom. The van der Waals surface area contributed by atoms with Crippen LogP contribution in [0.3, 0.4) is 0 Å². The normalized spacial score (nSPS) is 11.5. The highest BCUT2D eigenvalue weighted by Gasteiger charge is 2.26. The molecule has 0 amide bonds. The zero-order valence-electron chi connectivity index (χ0n) is 28.5. The number of hydrogen-bond donors (Lipinski definition) is 0. The van der Waals surface area contributed by atoms with E-state index in [1.807, 2.05) is 0 Å². The van der Waals surface area contributed by atoms with Gasteiger partial charge >= 0.3 is 0 Å². The summed E-state index contributed by atoms with van der Waals surface area (Å²) in [6, 6.07) is 74.8. The lowest BCUT2D eigenvalue weighted by molar-refractivity contribution is 1.18. The van der Waals surface area contributed by atoms with Gasteiger partial charge in [0.2, 0.25) is 0 Å². The van der Waals surface area contributed by atoms with Gasteiger partial charge in [-0.3, -0.25) is 0 Å². The smallest absolute Gasteiger partial charge is 0.0618 e. The van der Waals surface area contributed by atoms with E-state index in [1.54, 1.807) is 0 Å². The molecule has 0 spiro atoms. The zero-order valence-corrected chi connectivity index (χ0v) is 28.5. The molecule has 2 nitrogen and oxygen atoms in total. The van der Waals surface area contributed by atoms with E-state index in [0.717, 1.165) is 17.1 Å². The molecule has 10 rings (SSSR count). The van der Waals surface area contributed by atoms with Crippen LogP contribution >= 0.6 is 0 Å². The van der Waals surface area contributed by atoms with Crippen molar-refractivity contribution in [3.05, 3.63) is 206 Å². The van der Waals surface area contributed by atoms with Gasteiger partial charge in [0.15, 0.2) is 0 Å². The fourth-order valence-electron chi connectivity index (χ4n) is 8.03. The van der Waals surface area contributed by atoms with Crippen LogP contribution < -0.4 is 4.90 Å². The molecule has 0 saturated heterocycles. The van der Waals surface area contributed by atoms with Gasteiger partial charge in [-0.2, -0.15) is 0 Å². The van der Waals surface area contributed by atoms with Gasteiger partial charge in [-0.05, 0) is 69.9 Å². The molecular formula is C50H34N2. The van der Waals surface area contributed by atoms with E-state index < -0.39 is 0 Å². The Morgan fingerprint density at radius 2 is 0.904 bits per heavy atom. The maximum Gasteiger partial charge on any atom is 0.0618 e. The number of para-hydroxylation sites is 2. The molecule has 0 radical (unpaired) electrons. The standard InChI is InChI=1S/C50H34N2/c1-4-17-35(18-5-1)37-31-32-41(36-19-6-2-7-20-36)48(34-37)52(50-42-25-12-10-21-38(42)33-39-22-11-13-26-43(39)50)47-30-16-29-46-49(47)44-27-14-15-28-45(44)51(46)40-23-8-3-9-24-40/h1-34H. The van der Waals surface area contributed by atoms with Crippen molar-refractivity contribution >= 4 is 60.4 Å². The van der Waals surface area contributed by atoms with Crippen molar-refractivity contribution in [2.45, 2.75) is 0 Å². The first kappa shape index (κ1) is 30.0. The quantitative estimate of drug-likeness (QED) is 0.161. The molecule has 0 unspecified atom stereocenters. The van der Waals surface area contributed by atoms with E-state index in [0.29, 0.717) is 0 Å². The minimum atomic E-state index is 1.12. The molecule has 52 heavy (non-hydrogen) atoms. The Hall–Kier alpha value is -6.90. The van der Waals surface area contributed by atoms with E-state index in [-0.39, 0.29) is 0 Å². The molecule has 1 heterocycles. The van der Waals surface area contributed by atoms with Gasteiger partial charge in [0.05, 0.1) is 28.1 Å². The highest BCUT2D eigenvalue weighted by molar-refractivity contribution is 6.21. The van der Waals surface area contributed by atoms with Crippen LogP contribution in [-0.2, 0) is 0 Å². The molecule has 2 heteroatoms. The van der Waals surface area contributed by atoms with Crippen LogP contribution in [0.2, 0.25) is 0 Å². The molecule has 9 aromatic carbocycles. The van der Waals surface area contributed by atoms with Crippen molar-refractivity contribution in [2.24, 2.45) is 0 Å². The van der Waals surface area contributed by atoms with Gasteiger partial charge in [0.25, 0.3) is 0 Å². The summed E-state index contributed by atoms with van der Waals surface area (Å²) >= 11 is 0. The third-order valence-corrected chi connectivity index (χ3v) is 10.3. The largest absolute Gasteiger partial charge is 0.309 e. The van der Waals surface area contributed by atoms with Crippen molar-refractivity contribution in [1.29, 1.82) is 0 Å². The van der Waals surface area contributed by atoms with Gasteiger partial charge in [-0.1, -0.05) is 164 Å². The molecule has 0 bridgehead atoms. The summed E-state index contributed by atoms with van der Waals surface area (Å²) in [5, 5.41) is 7.25. The molecule has 0 aliphatic rings. The van der Waals surface area contributed by atoms with Crippen molar-refractivity contribution < 1.29 is 0 Å². The first-order valence-corrected chi connectivity index (χ1v) is 17.9. The third-order valence-electron chi connectivity index (χ3n) is 10.3. The van der Waals surface area contributed by atoms with E-state index in [2.05, 4.69) is 216 Å². The summed E-state index contributed by atoms with van der Waals surface area (Å²) in [5.74, 6) is 0. The number of fused-ring (bicyclic) bond motifs is 5. The predicted octanol–water partition coefficient (Wildman–Crippen LogP) is 13.9. The molecule has 0 saturated carbocycles. The fourth-order valence-corrected chi connectivity index (χ4v) is 8.03. The summed E-state index contributed by atoms with van der Waals surface area (Å²) in [6.45, 7) is 0. The van der Waals surface area contributed by atoms with Gasteiger partial charge in [0.1, 0.15) is 0 Å². The Kier molecular flexibility index (Phi) is 7.18. The van der Waals surface area contributed by atoms with Crippen molar-refractivity contribution in [3.8, 4) is 27.9 Å². The lowest BCUT2D eigenvalue weighted by atomic mass is 9.94. The van der Waals surface area contributed by atoms with Crippen LogP contribution in [-0.4, -0.2) is 4.57 Å². The molecule has 10 aromatic rings. The molecule has 0 atom stereocenters. The SMILES string of the molecule is c1ccc(-c2ccc(-c3ccccc3)c(N(c3c4ccccc4cc4ccccc34)c3cccc4c3c3ccccc3n4-c3ccccc3)c2)cc1. The molecule has 0 aliphatic heterocycles. The second-order valence-corrected chi connectivity index (χ2v) is 13.3. The van der Waals surface area contributed by atoms with E-state index in [1.165, 1.54) is 71.3 Å². The van der Waals surface area contributed by atoms with Gasteiger partial charge < -0.3 is 9.47 Å². The highest BCUT2D eigenvalue weighted by Crippen LogP contribution is 2.51. The lowest BCUT2D eigenvalue weighted by Crippen LogP contribution is -2.13. The number of anilines is 3. The minimum Gasteiger partial charge on any atom is -0.309 e. The average molecular weight is 663 g/mol. The van der Waals surface area contributed by atoms with Gasteiger partial charge in [0, 0.05) is 32.8 Å². The lowest BCUT2D eigenvalue weighted by Gasteiger charge is -2.31. The zero-order chi connectivity index (χ0) is 34.4. The van der Waals surface area contributed by atoms with Crippen LogP contribution in [0.15, 0.2) is 206 Å². The summed E-state index contributed by atoms with van der Waals surface area (Å²) < 4.78 is 2.41. The van der Waals surface area contributed by atoms with Crippen molar-refractivity contribution in [3.63, 3.8) is 0 Å². The fraction of sp³-hybridized carbons (Fsp3) is 0. The summed E-state index contributed by atoms with van der Waals surface area (Å²) in [7, 11) is 0. The third kappa shape index (κ3) is 4.88. The average Bonchev–Trinajstić information content (AvgIpc) is 3.56. The van der Waals surface area contributed by atoms with Crippen LogP contribution in [0.5, 0.6) is 0 Å². The van der Waals surface area contributed by atoms with E-state index >= 15 is 0 Å². The maximum atomic E-state index is 2.56. The summed E-state index contributed by atoms with van der Waals surface area (Å²) in [5.41, 5.74) is 11.6. The molecular weight excluding hydrogens is 629 g/mol. The molecule has 0 aliphatic carbocycles. The van der Waals surface area contributed by atoms with Crippen LogP contribution in [0.1, 0.15) is 0 Å². The topological polar surface area (TPSA) is 8.17 Å². The van der Waals surface area contributed by atoms with E-state index in [4.69, 9.17) is 0 Å². The summed E-state index contributed by atoms with van der Waals surface area (Å²) in [6.07, 6.45) is 0. The molecule has 244 valence electrons. The Morgan fingerprint density at radius 3 is 1.60 bits per heavy atom. The van der Waals surface area contributed by atoms with Crippen molar-refractivity contribution in [1.82, 2.24) is 4.57 Å². The first-order chi connectivity index (χ1) is 25.8. The highest BCUT2D eigenvalue weighted by atomic mass is 15.2. The van der Waals surface area contributed by atoms with Gasteiger partial charge in [-0.25, -0.2) is 0 Å². The first-order valence-electron chi connectivity index (χ1n) is 17.9. The maximum absolute atomic E-state index is 2.56. The monoisotopic (exact) mass is 662 g/mol. The van der Waals surface area contributed by atoms with Crippen molar-refractivity contribution in [2.75, 3.05) is 4.90 Å². The number of nitrogens with zero attached hydrogens (tertiary/aromatic N) is 2. The van der Waals surface area contributed by atoms with Crippen LogP contribution in [0.25, 0.3) is 71.3 Å². The number of aromatic nitrogens is 1. The summed E-state index contributed by atoms with van der Waals surface area (Å²) in [4.78, 5) is 2.56. The van der Waals surface area contributed by atoms with E-state index in [9.17, 15) is 0 Å². The molecule has 0 fully saturated rings. The molecule has 0 N–H and O–H groups in total. The predicted molar refractivity (Wildman–Crippen MR) is 221 cm³/mol.